The lowest BCUT2D eigenvalue weighted by atomic mass is 10.1. The van der Waals surface area contributed by atoms with Gasteiger partial charge in [-0.2, -0.15) is 0 Å². The average molecular weight is 269 g/mol. The Morgan fingerprint density at radius 3 is 2.35 bits per heavy atom. The molecule has 0 aliphatic heterocycles. The van der Waals surface area contributed by atoms with Gasteiger partial charge in [-0.15, -0.1) is 0 Å². The number of rotatable bonds is 3. The van der Waals surface area contributed by atoms with Crippen LogP contribution >= 0.6 is 0 Å². The zero-order valence-electron chi connectivity index (χ0n) is 12.1. The number of hydrogen-bond acceptors (Lipinski definition) is 2. The van der Waals surface area contributed by atoms with Gasteiger partial charge in [-0.25, -0.2) is 0 Å². The highest BCUT2D eigenvalue weighted by molar-refractivity contribution is 6.07. The lowest BCUT2D eigenvalue weighted by Gasteiger charge is -2.22. The maximum atomic E-state index is 12.6. The van der Waals surface area contributed by atoms with Crippen molar-refractivity contribution in [2.24, 2.45) is 0 Å². The molecule has 3 heteroatoms. The van der Waals surface area contributed by atoms with Gasteiger partial charge in [0.15, 0.2) is 0 Å². The molecule has 0 bridgehead atoms. The summed E-state index contributed by atoms with van der Waals surface area (Å²) in [6, 6.07) is 12.9. The number of carbonyl (C=O) groups is 1. The van der Waals surface area contributed by atoms with Gasteiger partial charge in [-0.05, 0) is 45.0 Å². The van der Waals surface area contributed by atoms with E-state index in [-0.39, 0.29) is 11.7 Å². The maximum absolute atomic E-state index is 12.6. The Bertz CT molecular complexity index is 617. The highest BCUT2D eigenvalue weighted by Crippen LogP contribution is 2.23. The molecule has 20 heavy (non-hydrogen) atoms. The Morgan fingerprint density at radius 1 is 1.10 bits per heavy atom. The molecular formula is C17H19NO2. The van der Waals surface area contributed by atoms with Crippen molar-refractivity contribution in [3.63, 3.8) is 0 Å². The first-order valence-electron chi connectivity index (χ1n) is 6.71. The van der Waals surface area contributed by atoms with Crippen molar-refractivity contribution in [2.75, 3.05) is 11.4 Å². The number of benzene rings is 2. The van der Waals surface area contributed by atoms with Crippen molar-refractivity contribution in [2.45, 2.75) is 20.8 Å². The van der Waals surface area contributed by atoms with E-state index in [1.54, 1.807) is 30.0 Å². The van der Waals surface area contributed by atoms with Gasteiger partial charge in [0.05, 0.1) is 0 Å². The van der Waals surface area contributed by atoms with Gasteiger partial charge in [-0.1, -0.05) is 23.8 Å². The number of amides is 1. The van der Waals surface area contributed by atoms with E-state index in [2.05, 4.69) is 0 Å². The summed E-state index contributed by atoms with van der Waals surface area (Å²) in [4.78, 5) is 14.4. The van der Waals surface area contributed by atoms with E-state index in [1.165, 1.54) is 0 Å². The molecule has 0 unspecified atom stereocenters. The molecular weight excluding hydrogens is 250 g/mol. The fourth-order valence-electron chi connectivity index (χ4n) is 2.17. The summed E-state index contributed by atoms with van der Waals surface area (Å²) in [6.07, 6.45) is 0. The summed E-state index contributed by atoms with van der Waals surface area (Å²) in [5, 5.41) is 9.74. The first kappa shape index (κ1) is 14.1. The smallest absolute Gasteiger partial charge is 0.258 e. The fraction of sp³-hybridized carbons (Fsp3) is 0.235. The first-order valence-corrected chi connectivity index (χ1v) is 6.71. The van der Waals surface area contributed by atoms with Gasteiger partial charge in [0.1, 0.15) is 5.75 Å². The second-order valence-electron chi connectivity index (χ2n) is 4.83. The van der Waals surface area contributed by atoms with Gasteiger partial charge in [0.25, 0.3) is 5.91 Å². The normalized spacial score (nSPS) is 10.3. The number of phenols is 1. The SMILES string of the molecule is CCN(C(=O)c1cccc(O)c1C)c1ccc(C)cc1. The highest BCUT2D eigenvalue weighted by atomic mass is 16.3. The quantitative estimate of drug-likeness (QED) is 0.923. The Labute approximate surface area is 119 Å². The van der Waals surface area contributed by atoms with Crippen LogP contribution < -0.4 is 4.90 Å². The summed E-state index contributed by atoms with van der Waals surface area (Å²) in [5.74, 6) is 0.0561. The van der Waals surface area contributed by atoms with Crippen molar-refractivity contribution in [1.29, 1.82) is 0 Å². The molecule has 0 atom stereocenters. The molecule has 0 radical (unpaired) electrons. The third-order valence-electron chi connectivity index (χ3n) is 3.44. The van der Waals surface area contributed by atoms with Crippen LogP contribution in [0.1, 0.15) is 28.4 Å². The molecule has 1 N–H and O–H groups in total. The fourth-order valence-corrected chi connectivity index (χ4v) is 2.17. The molecule has 2 aromatic rings. The highest BCUT2D eigenvalue weighted by Gasteiger charge is 2.18. The van der Waals surface area contributed by atoms with Gasteiger partial charge >= 0.3 is 0 Å². The van der Waals surface area contributed by atoms with Crippen molar-refractivity contribution in [3.05, 3.63) is 59.2 Å². The molecule has 1 amide bonds. The van der Waals surface area contributed by atoms with Crippen LogP contribution in [-0.4, -0.2) is 17.6 Å². The van der Waals surface area contributed by atoms with Crippen molar-refractivity contribution in [1.82, 2.24) is 0 Å². The van der Waals surface area contributed by atoms with E-state index in [1.807, 2.05) is 38.1 Å². The predicted molar refractivity (Wildman–Crippen MR) is 81.4 cm³/mol. The van der Waals surface area contributed by atoms with E-state index in [4.69, 9.17) is 0 Å². The number of aromatic hydroxyl groups is 1. The van der Waals surface area contributed by atoms with Crippen LogP contribution in [0.25, 0.3) is 0 Å². The van der Waals surface area contributed by atoms with E-state index in [0.717, 1.165) is 11.3 Å². The zero-order valence-corrected chi connectivity index (χ0v) is 12.1. The van der Waals surface area contributed by atoms with Crippen LogP contribution in [0.3, 0.4) is 0 Å². The van der Waals surface area contributed by atoms with Crippen LogP contribution in [0.4, 0.5) is 5.69 Å². The third-order valence-corrected chi connectivity index (χ3v) is 3.44. The molecule has 0 aliphatic rings. The molecule has 0 saturated heterocycles. The topological polar surface area (TPSA) is 40.5 Å². The molecule has 0 fully saturated rings. The largest absolute Gasteiger partial charge is 0.508 e. The Balaban J connectivity index is 2.39. The monoisotopic (exact) mass is 269 g/mol. The predicted octanol–water partition coefficient (Wildman–Crippen LogP) is 3.68. The number of carbonyl (C=O) groups excluding carboxylic acids is 1. The van der Waals surface area contributed by atoms with Gasteiger partial charge < -0.3 is 10.0 Å². The standard InChI is InChI=1S/C17H19NO2/c1-4-18(14-10-8-12(2)9-11-14)17(20)15-6-5-7-16(19)13(15)3/h5-11,19H,4H2,1-3H3. The average Bonchev–Trinajstić information content (AvgIpc) is 2.44. The summed E-state index contributed by atoms with van der Waals surface area (Å²) >= 11 is 0. The molecule has 2 aromatic carbocycles. The van der Waals surface area contributed by atoms with Gasteiger partial charge in [0, 0.05) is 23.4 Å². The Hall–Kier alpha value is -2.29. The molecule has 0 aromatic heterocycles. The summed E-state index contributed by atoms with van der Waals surface area (Å²) in [5.41, 5.74) is 3.17. The summed E-state index contributed by atoms with van der Waals surface area (Å²) in [6.45, 7) is 6.29. The molecule has 0 saturated carbocycles. The second-order valence-corrected chi connectivity index (χ2v) is 4.83. The molecule has 2 rings (SSSR count). The summed E-state index contributed by atoms with van der Waals surface area (Å²) in [7, 11) is 0. The molecule has 104 valence electrons. The molecule has 0 heterocycles. The van der Waals surface area contributed by atoms with E-state index < -0.39 is 0 Å². The molecule has 0 aliphatic carbocycles. The van der Waals surface area contributed by atoms with Crippen molar-refractivity contribution < 1.29 is 9.90 Å². The second kappa shape index (κ2) is 5.78. The lowest BCUT2D eigenvalue weighted by molar-refractivity contribution is 0.0987. The number of aryl methyl sites for hydroxylation is 1. The number of anilines is 1. The minimum absolute atomic E-state index is 0.0928. The minimum Gasteiger partial charge on any atom is -0.508 e. The van der Waals surface area contributed by atoms with E-state index in [0.29, 0.717) is 17.7 Å². The number of hydrogen-bond donors (Lipinski definition) is 1. The first-order chi connectivity index (χ1) is 9.54. The van der Waals surface area contributed by atoms with Crippen LogP contribution in [0, 0.1) is 13.8 Å². The summed E-state index contributed by atoms with van der Waals surface area (Å²) < 4.78 is 0. The number of nitrogens with zero attached hydrogens (tertiary/aromatic N) is 1. The van der Waals surface area contributed by atoms with Crippen LogP contribution in [-0.2, 0) is 0 Å². The lowest BCUT2D eigenvalue weighted by Crippen LogP contribution is -2.31. The van der Waals surface area contributed by atoms with E-state index >= 15 is 0 Å². The van der Waals surface area contributed by atoms with Crippen LogP contribution in [0.5, 0.6) is 5.75 Å². The van der Waals surface area contributed by atoms with Crippen molar-refractivity contribution >= 4 is 11.6 Å². The number of phenolic OH excluding ortho intramolecular Hbond substituents is 1. The Morgan fingerprint density at radius 2 is 1.75 bits per heavy atom. The zero-order chi connectivity index (χ0) is 14.7. The Kier molecular flexibility index (Phi) is 4.08. The van der Waals surface area contributed by atoms with E-state index in [9.17, 15) is 9.90 Å². The van der Waals surface area contributed by atoms with Gasteiger partial charge in [-0.3, -0.25) is 4.79 Å². The molecule has 0 spiro atoms. The molecule has 3 nitrogen and oxygen atoms in total. The maximum Gasteiger partial charge on any atom is 0.258 e. The van der Waals surface area contributed by atoms with Gasteiger partial charge in [0.2, 0.25) is 0 Å². The van der Waals surface area contributed by atoms with Crippen LogP contribution in [0.15, 0.2) is 42.5 Å². The third kappa shape index (κ3) is 2.67. The van der Waals surface area contributed by atoms with Crippen molar-refractivity contribution in [3.8, 4) is 5.75 Å². The van der Waals surface area contributed by atoms with Crippen LogP contribution in [0.2, 0.25) is 0 Å². The minimum atomic E-state index is -0.0928.